The quantitative estimate of drug-likeness (QED) is 0.596. The maximum absolute atomic E-state index is 12.9. The molecule has 1 aromatic carbocycles. The molecule has 9 heteroatoms. The number of carbonyl (C=O) groups excluding carboxylic acids is 1. The van der Waals surface area contributed by atoms with Gasteiger partial charge in [-0.1, -0.05) is 11.6 Å². The number of carbonyl (C=O) groups is 1. The Balaban J connectivity index is 2.15. The molecule has 5 nitrogen and oxygen atoms in total. The van der Waals surface area contributed by atoms with E-state index in [0.29, 0.717) is 11.3 Å². The molecule has 0 spiro atoms. The lowest BCUT2D eigenvalue weighted by atomic mass is 10.1. The smallest absolute Gasteiger partial charge is 0.416 e. The van der Waals surface area contributed by atoms with Crippen LogP contribution >= 0.6 is 11.6 Å². The van der Waals surface area contributed by atoms with Crippen molar-refractivity contribution in [2.45, 2.75) is 13.1 Å². The SMILES string of the molecule is CCOC(=O)c1cc(-c2cccnc2)n(-c2ccc(C(F)(F)F)cc2Cl)n1. The zero-order chi connectivity index (χ0) is 19.6. The van der Waals surface area contributed by atoms with Gasteiger partial charge in [0.1, 0.15) is 0 Å². The predicted octanol–water partition coefficient (Wildman–Crippen LogP) is 4.78. The summed E-state index contributed by atoms with van der Waals surface area (Å²) in [5.41, 5.74) is 0.368. The molecule has 0 saturated heterocycles. The van der Waals surface area contributed by atoms with Crippen LogP contribution in [-0.4, -0.2) is 27.3 Å². The molecule has 3 aromatic rings. The van der Waals surface area contributed by atoms with Crippen LogP contribution in [-0.2, 0) is 10.9 Å². The fourth-order valence-corrected chi connectivity index (χ4v) is 2.71. The number of nitrogens with zero attached hydrogens (tertiary/aromatic N) is 3. The molecule has 0 radical (unpaired) electrons. The van der Waals surface area contributed by atoms with Crippen LogP contribution in [0.15, 0.2) is 48.8 Å². The molecule has 0 atom stereocenters. The molecule has 0 fully saturated rings. The highest BCUT2D eigenvalue weighted by Crippen LogP contribution is 2.34. The Kier molecular flexibility index (Phi) is 5.18. The number of hydrogen-bond donors (Lipinski definition) is 0. The molecule has 2 heterocycles. The minimum atomic E-state index is -4.52. The van der Waals surface area contributed by atoms with Crippen LogP contribution in [0, 0.1) is 0 Å². The molecule has 27 heavy (non-hydrogen) atoms. The summed E-state index contributed by atoms with van der Waals surface area (Å²) in [4.78, 5) is 16.1. The van der Waals surface area contributed by atoms with Gasteiger partial charge in [0.05, 0.1) is 28.6 Å². The van der Waals surface area contributed by atoms with E-state index in [4.69, 9.17) is 16.3 Å². The van der Waals surface area contributed by atoms with Crippen molar-refractivity contribution in [3.63, 3.8) is 0 Å². The van der Waals surface area contributed by atoms with Gasteiger partial charge in [0.2, 0.25) is 0 Å². The van der Waals surface area contributed by atoms with Gasteiger partial charge in [0, 0.05) is 18.0 Å². The maximum Gasteiger partial charge on any atom is 0.416 e. The summed E-state index contributed by atoms with van der Waals surface area (Å²) in [6.45, 7) is 1.82. The Hall–Kier alpha value is -2.87. The summed E-state index contributed by atoms with van der Waals surface area (Å²) in [5.74, 6) is -0.649. The number of alkyl halides is 3. The van der Waals surface area contributed by atoms with E-state index in [2.05, 4.69) is 10.1 Å². The number of hydrogen-bond acceptors (Lipinski definition) is 4. The third-order valence-corrected chi connectivity index (χ3v) is 3.96. The van der Waals surface area contributed by atoms with Gasteiger partial charge in [0.25, 0.3) is 0 Å². The number of esters is 1. The topological polar surface area (TPSA) is 57.0 Å². The average Bonchev–Trinajstić information content (AvgIpc) is 3.07. The first kappa shape index (κ1) is 18.9. The van der Waals surface area contributed by atoms with Crippen molar-refractivity contribution in [3.05, 3.63) is 65.1 Å². The first-order valence-corrected chi connectivity index (χ1v) is 8.23. The van der Waals surface area contributed by atoms with E-state index in [1.165, 1.54) is 16.8 Å². The zero-order valence-corrected chi connectivity index (χ0v) is 14.8. The van der Waals surface area contributed by atoms with E-state index >= 15 is 0 Å². The van der Waals surface area contributed by atoms with Crippen LogP contribution in [0.4, 0.5) is 13.2 Å². The molecule has 0 N–H and O–H groups in total. The van der Waals surface area contributed by atoms with Gasteiger partial charge in [-0.25, -0.2) is 9.48 Å². The van der Waals surface area contributed by atoms with Gasteiger partial charge in [-0.15, -0.1) is 0 Å². The van der Waals surface area contributed by atoms with Crippen molar-refractivity contribution >= 4 is 17.6 Å². The van der Waals surface area contributed by atoms with Gasteiger partial charge in [-0.2, -0.15) is 18.3 Å². The highest BCUT2D eigenvalue weighted by molar-refractivity contribution is 6.32. The van der Waals surface area contributed by atoms with Crippen LogP contribution in [0.3, 0.4) is 0 Å². The number of benzene rings is 1. The normalized spacial score (nSPS) is 11.4. The molecule has 0 amide bonds. The van der Waals surface area contributed by atoms with Crippen molar-refractivity contribution in [2.75, 3.05) is 6.61 Å². The summed E-state index contributed by atoms with van der Waals surface area (Å²) in [5, 5.41) is 4.02. The second kappa shape index (κ2) is 7.40. The van der Waals surface area contributed by atoms with Gasteiger partial charge in [-0.05, 0) is 43.3 Å². The maximum atomic E-state index is 12.9. The highest BCUT2D eigenvalue weighted by Gasteiger charge is 2.31. The summed E-state index contributed by atoms with van der Waals surface area (Å²) in [7, 11) is 0. The van der Waals surface area contributed by atoms with Crippen LogP contribution in [0.1, 0.15) is 23.0 Å². The largest absolute Gasteiger partial charge is 0.461 e. The van der Waals surface area contributed by atoms with E-state index < -0.39 is 17.7 Å². The van der Waals surface area contributed by atoms with E-state index in [1.54, 1.807) is 31.5 Å². The molecule has 2 aromatic heterocycles. The highest BCUT2D eigenvalue weighted by atomic mass is 35.5. The fourth-order valence-electron chi connectivity index (χ4n) is 2.44. The van der Waals surface area contributed by atoms with E-state index in [0.717, 1.165) is 12.1 Å². The summed E-state index contributed by atoms with van der Waals surface area (Å²) in [6, 6.07) is 7.81. The van der Waals surface area contributed by atoms with Crippen molar-refractivity contribution in [2.24, 2.45) is 0 Å². The number of pyridine rings is 1. The summed E-state index contributed by atoms with van der Waals surface area (Å²) in [6.07, 6.45) is -1.41. The van der Waals surface area contributed by atoms with Gasteiger partial charge < -0.3 is 4.74 Å². The number of ether oxygens (including phenoxy) is 1. The number of rotatable bonds is 4. The Bertz CT molecular complexity index is 972. The molecular formula is C18H13ClF3N3O2. The van der Waals surface area contributed by atoms with Crippen molar-refractivity contribution < 1.29 is 22.7 Å². The molecular weight excluding hydrogens is 383 g/mol. The minimum absolute atomic E-state index is 0.00617. The fraction of sp³-hybridized carbons (Fsp3) is 0.167. The second-order valence-electron chi connectivity index (χ2n) is 5.45. The van der Waals surface area contributed by atoms with E-state index in [9.17, 15) is 18.0 Å². The summed E-state index contributed by atoms with van der Waals surface area (Å²) < 4.78 is 44.9. The van der Waals surface area contributed by atoms with Crippen molar-refractivity contribution in [3.8, 4) is 16.9 Å². The lowest BCUT2D eigenvalue weighted by Gasteiger charge is -2.12. The van der Waals surface area contributed by atoms with Gasteiger partial charge in [-0.3, -0.25) is 4.98 Å². The molecule has 140 valence electrons. The zero-order valence-electron chi connectivity index (χ0n) is 14.0. The Labute approximate surface area is 157 Å². The third kappa shape index (κ3) is 3.95. The van der Waals surface area contributed by atoms with Crippen LogP contribution in [0.2, 0.25) is 5.02 Å². The standard InChI is InChI=1S/C18H13ClF3N3O2/c1-2-27-17(26)14-9-16(11-4-3-7-23-10-11)25(24-14)15-6-5-12(8-13(15)19)18(20,21)22/h3-10H,2H2,1H3. The molecule has 0 saturated carbocycles. The lowest BCUT2D eigenvalue weighted by Crippen LogP contribution is -2.08. The van der Waals surface area contributed by atoms with Crippen LogP contribution in [0.25, 0.3) is 16.9 Å². The monoisotopic (exact) mass is 395 g/mol. The van der Waals surface area contributed by atoms with Gasteiger partial charge >= 0.3 is 12.1 Å². The number of halogens is 4. The second-order valence-corrected chi connectivity index (χ2v) is 5.86. The molecule has 0 bridgehead atoms. The Morgan fingerprint density at radius 2 is 2.04 bits per heavy atom. The van der Waals surface area contributed by atoms with Crippen molar-refractivity contribution in [1.29, 1.82) is 0 Å². The third-order valence-electron chi connectivity index (χ3n) is 3.65. The summed E-state index contributed by atoms with van der Waals surface area (Å²) >= 11 is 6.09. The van der Waals surface area contributed by atoms with Gasteiger partial charge in [0.15, 0.2) is 5.69 Å². The molecule has 0 aliphatic carbocycles. The Morgan fingerprint density at radius 3 is 2.63 bits per heavy atom. The van der Waals surface area contributed by atoms with Crippen LogP contribution in [0.5, 0.6) is 0 Å². The predicted molar refractivity (Wildman–Crippen MR) is 92.8 cm³/mol. The van der Waals surface area contributed by atoms with Crippen LogP contribution < -0.4 is 0 Å². The molecule has 0 aliphatic heterocycles. The molecule has 0 aliphatic rings. The van der Waals surface area contributed by atoms with E-state index in [-0.39, 0.29) is 23.0 Å². The van der Waals surface area contributed by atoms with Crippen molar-refractivity contribution in [1.82, 2.24) is 14.8 Å². The molecule has 0 unspecified atom stereocenters. The average molecular weight is 396 g/mol. The first-order chi connectivity index (χ1) is 12.8. The lowest BCUT2D eigenvalue weighted by molar-refractivity contribution is -0.137. The minimum Gasteiger partial charge on any atom is -0.461 e. The first-order valence-electron chi connectivity index (χ1n) is 7.86. The Morgan fingerprint density at radius 1 is 1.26 bits per heavy atom. The van der Waals surface area contributed by atoms with E-state index in [1.807, 2.05) is 0 Å². The number of aromatic nitrogens is 3. The molecule has 3 rings (SSSR count).